The van der Waals surface area contributed by atoms with Crippen LogP contribution in [0.3, 0.4) is 0 Å². The summed E-state index contributed by atoms with van der Waals surface area (Å²) in [6, 6.07) is 3.15. The van der Waals surface area contributed by atoms with Crippen molar-refractivity contribution in [3.8, 4) is 0 Å². The predicted molar refractivity (Wildman–Crippen MR) is 46.1 cm³/mol. The van der Waals surface area contributed by atoms with Crippen molar-refractivity contribution in [3.05, 3.63) is 22.4 Å². The second-order valence-corrected chi connectivity index (χ2v) is 3.16. The van der Waals surface area contributed by atoms with Gasteiger partial charge in [-0.1, -0.05) is 5.16 Å². The fraction of sp³-hybridized carbons (Fsp3) is 0. The van der Waals surface area contributed by atoms with Crippen molar-refractivity contribution in [2.75, 3.05) is 5.73 Å². The molecule has 0 spiro atoms. The van der Waals surface area contributed by atoms with Crippen molar-refractivity contribution in [1.29, 1.82) is 0 Å². The minimum absolute atomic E-state index is 0.0730. The van der Waals surface area contributed by atoms with Crippen LogP contribution in [-0.4, -0.2) is 5.16 Å². The van der Waals surface area contributed by atoms with Gasteiger partial charge < -0.3 is 10.3 Å². The van der Waals surface area contributed by atoms with Crippen LogP contribution >= 0.6 is 15.9 Å². The molecule has 0 unspecified atom stereocenters. The van der Waals surface area contributed by atoms with Crippen LogP contribution in [0, 0.1) is 5.82 Å². The Labute approximate surface area is 75.5 Å². The van der Waals surface area contributed by atoms with Crippen LogP contribution in [0.25, 0.3) is 11.0 Å². The Hall–Kier alpha value is -1.10. The molecule has 0 saturated heterocycles. The first-order valence-corrected chi connectivity index (χ1v) is 3.98. The third kappa shape index (κ3) is 0.896. The Morgan fingerprint density at radius 3 is 3.00 bits per heavy atom. The lowest BCUT2D eigenvalue weighted by Crippen LogP contribution is -1.86. The summed E-state index contributed by atoms with van der Waals surface area (Å²) in [6.45, 7) is 0. The fourth-order valence-corrected chi connectivity index (χ4v) is 1.32. The zero-order valence-electron chi connectivity index (χ0n) is 5.84. The maximum Gasteiger partial charge on any atom is 0.177 e. The van der Waals surface area contributed by atoms with E-state index in [0.29, 0.717) is 10.1 Å². The molecule has 1 aromatic carbocycles. The Morgan fingerprint density at radius 2 is 2.25 bits per heavy atom. The van der Waals surface area contributed by atoms with Crippen LogP contribution in [0.4, 0.5) is 10.2 Å². The molecule has 5 heteroatoms. The third-order valence-corrected chi connectivity index (χ3v) is 2.17. The van der Waals surface area contributed by atoms with E-state index in [1.165, 1.54) is 0 Å². The van der Waals surface area contributed by atoms with Gasteiger partial charge in [0.2, 0.25) is 0 Å². The lowest BCUT2D eigenvalue weighted by molar-refractivity contribution is 0.460. The van der Waals surface area contributed by atoms with Gasteiger partial charge in [-0.2, -0.15) is 0 Å². The first-order chi connectivity index (χ1) is 5.70. The van der Waals surface area contributed by atoms with E-state index in [1.54, 1.807) is 12.1 Å². The second kappa shape index (κ2) is 2.45. The van der Waals surface area contributed by atoms with Gasteiger partial charge in [0, 0.05) is 0 Å². The fourth-order valence-electron chi connectivity index (χ4n) is 0.992. The van der Waals surface area contributed by atoms with E-state index in [1.807, 2.05) is 0 Å². The molecule has 0 amide bonds. The Bertz CT molecular complexity index is 440. The average molecular weight is 231 g/mol. The van der Waals surface area contributed by atoms with Gasteiger partial charge in [0.25, 0.3) is 0 Å². The van der Waals surface area contributed by atoms with Gasteiger partial charge in [0.1, 0.15) is 5.39 Å². The molecule has 0 aliphatic carbocycles. The number of nitrogen functional groups attached to an aromatic ring is 1. The minimum Gasteiger partial charge on any atom is -0.380 e. The molecule has 2 N–H and O–H groups in total. The minimum atomic E-state index is -0.439. The van der Waals surface area contributed by atoms with Crippen LogP contribution < -0.4 is 5.73 Å². The number of benzene rings is 1. The summed E-state index contributed by atoms with van der Waals surface area (Å²) in [7, 11) is 0. The average Bonchev–Trinajstić information content (AvgIpc) is 2.41. The number of fused-ring (bicyclic) bond motifs is 1. The number of hydrogen-bond acceptors (Lipinski definition) is 3. The quantitative estimate of drug-likeness (QED) is 0.756. The van der Waals surface area contributed by atoms with Crippen LogP contribution in [0.2, 0.25) is 0 Å². The Kier molecular flexibility index (Phi) is 1.54. The number of nitrogens with zero attached hydrogens (tertiary/aromatic N) is 1. The maximum absolute atomic E-state index is 13.3. The van der Waals surface area contributed by atoms with E-state index in [2.05, 4.69) is 21.1 Å². The van der Waals surface area contributed by atoms with Gasteiger partial charge in [-0.3, -0.25) is 0 Å². The van der Waals surface area contributed by atoms with Crippen molar-refractivity contribution >= 4 is 32.7 Å². The standard InChI is InChI=1S/C7H4BrFN2O/c8-3-1-2-4-5(6(3)9)7(10)11-12-4/h1-2H,(H2,10,11). The zero-order valence-corrected chi connectivity index (χ0v) is 7.43. The van der Waals surface area contributed by atoms with E-state index < -0.39 is 5.82 Å². The molecule has 62 valence electrons. The first kappa shape index (κ1) is 7.54. The summed E-state index contributed by atoms with van der Waals surface area (Å²) >= 11 is 3.04. The predicted octanol–water partition coefficient (Wildman–Crippen LogP) is 2.31. The molecule has 0 atom stereocenters. The van der Waals surface area contributed by atoms with Gasteiger partial charge in [0.05, 0.1) is 4.47 Å². The molecule has 0 bridgehead atoms. The van der Waals surface area contributed by atoms with Gasteiger partial charge in [0.15, 0.2) is 17.2 Å². The topological polar surface area (TPSA) is 52.0 Å². The number of halogens is 2. The molecular weight excluding hydrogens is 227 g/mol. The molecule has 1 aromatic heterocycles. The lowest BCUT2D eigenvalue weighted by atomic mass is 10.2. The number of aromatic nitrogens is 1. The van der Waals surface area contributed by atoms with E-state index >= 15 is 0 Å². The van der Waals surface area contributed by atoms with E-state index in [9.17, 15) is 4.39 Å². The number of anilines is 1. The lowest BCUT2D eigenvalue weighted by Gasteiger charge is -1.93. The summed E-state index contributed by atoms with van der Waals surface area (Å²) in [5.41, 5.74) is 5.74. The molecule has 0 radical (unpaired) electrons. The van der Waals surface area contributed by atoms with Gasteiger partial charge in [-0.15, -0.1) is 0 Å². The Morgan fingerprint density at radius 1 is 1.50 bits per heavy atom. The first-order valence-electron chi connectivity index (χ1n) is 3.19. The van der Waals surface area contributed by atoms with Crippen molar-refractivity contribution in [2.45, 2.75) is 0 Å². The van der Waals surface area contributed by atoms with Gasteiger partial charge >= 0.3 is 0 Å². The highest BCUT2D eigenvalue weighted by molar-refractivity contribution is 9.10. The highest BCUT2D eigenvalue weighted by Crippen LogP contribution is 2.28. The van der Waals surface area contributed by atoms with Crippen LogP contribution in [0.15, 0.2) is 21.1 Å². The molecule has 2 aromatic rings. The normalized spacial score (nSPS) is 10.8. The number of rotatable bonds is 0. The van der Waals surface area contributed by atoms with Crippen LogP contribution in [0.1, 0.15) is 0 Å². The maximum atomic E-state index is 13.3. The molecule has 12 heavy (non-hydrogen) atoms. The summed E-state index contributed by atoms with van der Waals surface area (Å²) < 4.78 is 18.4. The van der Waals surface area contributed by atoms with E-state index in [4.69, 9.17) is 10.3 Å². The summed E-state index contributed by atoms with van der Waals surface area (Å²) in [4.78, 5) is 0. The van der Waals surface area contributed by atoms with Crippen molar-refractivity contribution in [3.63, 3.8) is 0 Å². The van der Waals surface area contributed by atoms with Gasteiger partial charge in [-0.25, -0.2) is 4.39 Å². The smallest absolute Gasteiger partial charge is 0.177 e. The molecule has 0 aliphatic heterocycles. The summed E-state index contributed by atoms with van der Waals surface area (Å²) in [5, 5.41) is 3.67. The SMILES string of the molecule is Nc1noc2ccc(Br)c(F)c12. The largest absolute Gasteiger partial charge is 0.380 e. The molecule has 0 fully saturated rings. The van der Waals surface area contributed by atoms with Crippen molar-refractivity contribution in [1.82, 2.24) is 5.16 Å². The molecule has 3 nitrogen and oxygen atoms in total. The summed E-state index contributed by atoms with van der Waals surface area (Å²) in [5.74, 6) is -0.366. The van der Waals surface area contributed by atoms with E-state index in [-0.39, 0.29) is 11.2 Å². The zero-order chi connectivity index (χ0) is 8.72. The second-order valence-electron chi connectivity index (χ2n) is 2.30. The Balaban J connectivity index is 2.96. The molecule has 2 rings (SSSR count). The number of nitrogens with two attached hydrogens (primary N) is 1. The van der Waals surface area contributed by atoms with E-state index in [0.717, 1.165) is 0 Å². The molecule has 0 aliphatic rings. The highest BCUT2D eigenvalue weighted by Gasteiger charge is 2.12. The molecule has 1 heterocycles. The van der Waals surface area contributed by atoms with Crippen molar-refractivity contribution in [2.24, 2.45) is 0 Å². The summed E-state index contributed by atoms with van der Waals surface area (Å²) in [6.07, 6.45) is 0. The highest BCUT2D eigenvalue weighted by atomic mass is 79.9. The van der Waals surface area contributed by atoms with Crippen molar-refractivity contribution < 1.29 is 8.91 Å². The number of hydrogen-bond donors (Lipinski definition) is 1. The van der Waals surface area contributed by atoms with Crippen LogP contribution in [0.5, 0.6) is 0 Å². The van der Waals surface area contributed by atoms with Crippen LogP contribution in [-0.2, 0) is 0 Å². The molecule has 0 saturated carbocycles. The monoisotopic (exact) mass is 230 g/mol. The van der Waals surface area contributed by atoms with Gasteiger partial charge in [-0.05, 0) is 28.1 Å². The molecular formula is C7H4BrFN2O. The third-order valence-electron chi connectivity index (χ3n) is 1.56.